The first-order valence-electron chi connectivity index (χ1n) is 5.37. The SMILES string of the molecule is Cc1sc(C2CC2)nc1-c1ccccc1. The Kier molecular flexibility index (Phi) is 2.10. The monoisotopic (exact) mass is 215 g/mol. The number of nitrogens with zero attached hydrogens (tertiary/aromatic N) is 1. The Labute approximate surface area is 93.8 Å². The van der Waals surface area contributed by atoms with Gasteiger partial charge in [0.1, 0.15) is 0 Å². The van der Waals surface area contributed by atoms with Crippen LogP contribution in [-0.4, -0.2) is 4.98 Å². The molecule has 15 heavy (non-hydrogen) atoms. The molecule has 0 radical (unpaired) electrons. The Morgan fingerprint density at radius 2 is 1.93 bits per heavy atom. The minimum absolute atomic E-state index is 0.770. The van der Waals surface area contributed by atoms with E-state index < -0.39 is 0 Å². The van der Waals surface area contributed by atoms with E-state index >= 15 is 0 Å². The van der Waals surface area contributed by atoms with Crippen LogP contribution in [-0.2, 0) is 0 Å². The van der Waals surface area contributed by atoms with Crippen LogP contribution in [0.3, 0.4) is 0 Å². The minimum Gasteiger partial charge on any atom is -0.241 e. The molecule has 1 aliphatic rings. The van der Waals surface area contributed by atoms with Crippen molar-refractivity contribution in [1.29, 1.82) is 0 Å². The van der Waals surface area contributed by atoms with Crippen LogP contribution in [0.5, 0.6) is 0 Å². The molecule has 0 spiro atoms. The van der Waals surface area contributed by atoms with Gasteiger partial charge in [-0.25, -0.2) is 4.98 Å². The van der Waals surface area contributed by atoms with Crippen molar-refractivity contribution in [2.24, 2.45) is 0 Å². The number of thiazole rings is 1. The second-order valence-electron chi connectivity index (χ2n) is 4.10. The predicted octanol–water partition coefficient (Wildman–Crippen LogP) is 4.00. The van der Waals surface area contributed by atoms with Crippen molar-refractivity contribution in [1.82, 2.24) is 4.98 Å². The van der Waals surface area contributed by atoms with Gasteiger partial charge >= 0.3 is 0 Å². The molecule has 1 aromatic carbocycles. The molecule has 1 aromatic heterocycles. The summed E-state index contributed by atoms with van der Waals surface area (Å²) in [6.45, 7) is 2.17. The van der Waals surface area contributed by atoms with E-state index in [1.165, 1.54) is 34.0 Å². The van der Waals surface area contributed by atoms with Gasteiger partial charge in [-0.1, -0.05) is 30.3 Å². The molecule has 2 aromatic rings. The topological polar surface area (TPSA) is 12.9 Å². The normalized spacial score (nSPS) is 15.5. The van der Waals surface area contributed by atoms with E-state index in [4.69, 9.17) is 4.98 Å². The molecule has 0 aliphatic heterocycles. The van der Waals surface area contributed by atoms with Crippen molar-refractivity contribution in [2.75, 3.05) is 0 Å². The van der Waals surface area contributed by atoms with Gasteiger partial charge in [0.05, 0.1) is 10.7 Å². The summed E-state index contributed by atoms with van der Waals surface area (Å²) < 4.78 is 0. The minimum atomic E-state index is 0.770. The van der Waals surface area contributed by atoms with Gasteiger partial charge < -0.3 is 0 Å². The lowest BCUT2D eigenvalue weighted by molar-refractivity contribution is 1.08. The average molecular weight is 215 g/mol. The molecule has 76 valence electrons. The fourth-order valence-corrected chi connectivity index (χ4v) is 2.90. The summed E-state index contributed by atoms with van der Waals surface area (Å²) in [7, 11) is 0. The molecule has 3 rings (SSSR count). The number of aromatic nitrogens is 1. The summed E-state index contributed by atoms with van der Waals surface area (Å²) in [5, 5.41) is 1.34. The highest BCUT2D eigenvalue weighted by Crippen LogP contribution is 2.43. The van der Waals surface area contributed by atoms with Gasteiger partial charge in [-0.05, 0) is 19.8 Å². The zero-order valence-electron chi connectivity index (χ0n) is 8.73. The average Bonchev–Trinajstić information content (AvgIpc) is 3.04. The van der Waals surface area contributed by atoms with Gasteiger partial charge in [-0.3, -0.25) is 0 Å². The van der Waals surface area contributed by atoms with Gasteiger partial charge in [0, 0.05) is 16.4 Å². The molecular weight excluding hydrogens is 202 g/mol. The first-order valence-corrected chi connectivity index (χ1v) is 6.19. The molecular formula is C13H13NS. The van der Waals surface area contributed by atoms with Crippen molar-refractivity contribution in [3.63, 3.8) is 0 Å². The maximum atomic E-state index is 4.76. The van der Waals surface area contributed by atoms with Crippen molar-refractivity contribution < 1.29 is 0 Å². The number of rotatable bonds is 2. The lowest BCUT2D eigenvalue weighted by Gasteiger charge is -1.96. The van der Waals surface area contributed by atoms with Gasteiger partial charge in [0.2, 0.25) is 0 Å². The fourth-order valence-electron chi connectivity index (χ4n) is 1.79. The maximum absolute atomic E-state index is 4.76. The Hall–Kier alpha value is -1.15. The molecule has 1 saturated carbocycles. The van der Waals surface area contributed by atoms with E-state index in [1.807, 2.05) is 17.4 Å². The lowest BCUT2D eigenvalue weighted by atomic mass is 10.1. The molecule has 1 aliphatic carbocycles. The third-order valence-electron chi connectivity index (χ3n) is 2.79. The maximum Gasteiger partial charge on any atom is 0.0966 e. The number of hydrogen-bond donors (Lipinski definition) is 0. The van der Waals surface area contributed by atoms with Crippen LogP contribution in [0.25, 0.3) is 11.3 Å². The van der Waals surface area contributed by atoms with Crippen LogP contribution in [0.4, 0.5) is 0 Å². The highest BCUT2D eigenvalue weighted by atomic mass is 32.1. The molecule has 0 unspecified atom stereocenters. The van der Waals surface area contributed by atoms with E-state index in [0.717, 1.165) is 5.92 Å². The largest absolute Gasteiger partial charge is 0.241 e. The summed E-state index contributed by atoms with van der Waals surface area (Å²) in [5.41, 5.74) is 2.43. The summed E-state index contributed by atoms with van der Waals surface area (Å²) in [5.74, 6) is 0.770. The van der Waals surface area contributed by atoms with Crippen molar-refractivity contribution in [3.8, 4) is 11.3 Å². The van der Waals surface area contributed by atoms with Crippen LogP contribution in [0.15, 0.2) is 30.3 Å². The molecule has 0 bridgehead atoms. The smallest absolute Gasteiger partial charge is 0.0966 e. The molecule has 0 N–H and O–H groups in total. The number of aryl methyl sites for hydroxylation is 1. The van der Waals surface area contributed by atoms with Crippen molar-refractivity contribution >= 4 is 11.3 Å². The molecule has 2 heteroatoms. The first kappa shape index (κ1) is 9.10. The van der Waals surface area contributed by atoms with Gasteiger partial charge in [-0.15, -0.1) is 11.3 Å². The van der Waals surface area contributed by atoms with E-state index in [-0.39, 0.29) is 0 Å². The third-order valence-corrected chi connectivity index (χ3v) is 3.92. The van der Waals surface area contributed by atoms with Gasteiger partial charge in [0.25, 0.3) is 0 Å². The first-order chi connectivity index (χ1) is 7.34. The zero-order chi connectivity index (χ0) is 10.3. The Morgan fingerprint density at radius 1 is 1.20 bits per heavy atom. The molecule has 0 atom stereocenters. The molecule has 0 saturated heterocycles. The van der Waals surface area contributed by atoms with Gasteiger partial charge in [0.15, 0.2) is 0 Å². The highest BCUT2D eigenvalue weighted by molar-refractivity contribution is 7.12. The predicted molar refractivity (Wildman–Crippen MR) is 64.3 cm³/mol. The second-order valence-corrected chi connectivity index (χ2v) is 5.33. The van der Waals surface area contributed by atoms with E-state index in [0.29, 0.717) is 0 Å². The molecule has 1 nitrogen and oxygen atoms in total. The van der Waals surface area contributed by atoms with Crippen molar-refractivity contribution in [2.45, 2.75) is 25.7 Å². The molecule has 0 amide bonds. The third kappa shape index (κ3) is 1.70. The zero-order valence-corrected chi connectivity index (χ0v) is 9.55. The van der Waals surface area contributed by atoms with Gasteiger partial charge in [-0.2, -0.15) is 0 Å². The Balaban J connectivity index is 2.04. The Bertz CT molecular complexity index is 469. The highest BCUT2D eigenvalue weighted by Gasteiger charge is 2.27. The van der Waals surface area contributed by atoms with Crippen LogP contribution in [0.1, 0.15) is 28.6 Å². The lowest BCUT2D eigenvalue weighted by Crippen LogP contribution is -1.81. The quantitative estimate of drug-likeness (QED) is 0.738. The summed E-state index contributed by atoms with van der Waals surface area (Å²) >= 11 is 1.87. The standard InChI is InChI=1S/C13H13NS/c1-9-12(10-5-3-2-4-6-10)14-13(15-9)11-7-8-11/h2-6,11H,7-8H2,1H3. The fraction of sp³-hybridized carbons (Fsp3) is 0.308. The van der Waals surface area contributed by atoms with Crippen LogP contribution >= 0.6 is 11.3 Å². The number of benzene rings is 1. The van der Waals surface area contributed by atoms with Crippen LogP contribution < -0.4 is 0 Å². The van der Waals surface area contributed by atoms with E-state index in [9.17, 15) is 0 Å². The van der Waals surface area contributed by atoms with Crippen LogP contribution in [0.2, 0.25) is 0 Å². The summed E-state index contributed by atoms with van der Waals surface area (Å²) in [6, 6.07) is 10.5. The Morgan fingerprint density at radius 3 is 2.60 bits per heavy atom. The summed E-state index contributed by atoms with van der Waals surface area (Å²) in [6.07, 6.45) is 2.67. The number of hydrogen-bond acceptors (Lipinski definition) is 2. The second kappa shape index (κ2) is 3.46. The van der Waals surface area contributed by atoms with E-state index in [2.05, 4.69) is 31.2 Å². The van der Waals surface area contributed by atoms with E-state index in [1.54, 1.807) is 0 Å². The molecule has 1 heterocycles. The molecule has 1 fully saturated rings. The van der Waals surface area contributed by atoms with Crippen molar-refractivity contribution in [3.05, 3.63) is 40.2 Å². The summed E-state index contributed by atoms with van der Waals surface area (Å²) in [4.78, 5) is 6.11. The van der Waals surface area contributed by atoms with Crippen LogP contribution in [0, 0.1) is 6.92 Å².